The van der Waals surface area contributed by atoms with Crippen molar-refractivity contribution in [2.75, 3.05) is 0 Å². The van der Waals surface area contributed by atoms with Gasteiger partial charge in [-0.2, -0.15) is 4.37 Å². The molecule has 0 saturated carbocycles. The number of aryl methyl sites for hydroxylation is 3. The molecular weight excluding hydrogens is 166 g/mol. The standard InChI is InChI=1S/C10H11NS/c1-6-4-5-7(2)10-9(6)8(3)11-12-10/h4-5H,1-3H3. The van der Waals surface area contributed by atoms with E-state index in [2.05, 4.69) is 37.3 Å². The van der Waals surface area contributed by atoms with Crippen LogP contribution in [0.3, 0.4) is 0 Å². The van der Waals surface area contributed by atoms with Crippen LogP contribution in [0.1, 0.15) is 16.8 Å². The van der Waals surface area contributed by atoms with Crippen LogP contribution in [0.4, 0.5) is 0 Å². The van der Waals surface area contributed by atoms with Gasteiger partial charge in [-0.1, -0.05) is 12.1 Å². The second-order valence-corrected chi connectivity index (χ2v) is 3.94. The van der Waals surface area contributed by atoms with E-state index in [1.165, 1.54) is 21.2 Å². The fraction of sp³-hybridized carbons (Fsp3) is 0.300. The van der Waals surface area contributed by atoms with E-state index in [4.69, 9.17) is 0 Å². The van der Waals surface area contributed by atoms with Crippen LogP contribution < -0.4 is 0 Å². The maximum atomic E-state index is 4.36. The van der Waals surface area contributed by atoms with Gasteiger partial charge in [0.25, 0.3) is 0 Å². The molecule has 0 radical (unpaired) electrons. The molecule has 1 aromatic heterocycles. The Labute approximate surface area is 76.2 Å². The predicted octanol–water partition coefficient (Wildman–Crippen LogP) is 3.22. The van der Waals surface area contributed by atoms with Gasteiger partial charge in [0.15, 0.2) is 0 Å². The van der Waals surface area contributed by atoms with Gasteiger partial charge in [0.2, 0.25) is 0 Å². The van der Waals surface area contributed by atoms with Gasteiger partial charge in [0, 0.05) is 5.39 Å². The lowest BCUT2D eigenvalue weighted by molar-refractivity contribution is 1.35. The Morgan fingerprint density at radius 3 is 2.42 bits per heavy atom. The SMILES string of the molecule is Cc1ccc(C)c2c(C)nsc12. The van der Waals surface area contributed by atoms with Crippen molar-refractivity contribution >= 4 is 21.6 Å². The van der Waals surface area contributed by atoms with Gasteiger partial charge in [-0.25, -0.2) is 0 Å². The van der Waals surface area contributed by atoms with Crippen molar-refractivity contribution in [3.63, 3.8) is 0 Å². The molecule has 2 heteroatoms. The summed E-state index contributed by atoms with van der Waals surface area (Å²) in [7, 11) is 0. The molecule has 1 nitrogen and oxygen atoms in total. The molecule has 0 aliphatic rings. The number of hydrogen-bond donors (Lipinski definition) is 0. The topological polar surface area (TPSA) is 12.9 Å². The van der Waals surface area contributed by atoms with Crippen LogP contribution in [0.2, 0.25) is 0 Å². The normalized spacial score (nSPS) is 10.9. The lowest BCUT2D eigenvalue weighted by Crippen LogP contribution is -1.79. The average molecular weight is 177 g/mol. The van der Waals surface area contributed by atoms with Crippen molar-refractivity contribution in [1.82, 2.24) is 4.37 Å². The molecule has 2 rings (SSSR count). The van der Waals surface area contributed by atoms with Crippen LogP contribution >= 0.6 is 11.5 Å². The number of rotatable bonds is 0. The number of benzene rings is 1. The second-order valence-electron chi connectivity index (χ2n) is 3.17. The molecule has 0 aliphatic carbocycles. The minimum absolute atomic E-state index is 1.16. The summed E-state index contributed by atoms with van der Waals surface area (Å²) in [6.07, 6.45) is 0. The summed E-state index contributed by atoms with van der Waals surface area (Å²) in [5.41, 5.74) is 3.83. The third-order valence-corrected chi connectivity index (χ3v) is 3.27. The van der Waals surface area contributed by atoms with Gasteiger partial charge in [-0.3, -0.25) is 0 Å². The van der Waals surface area contributed by atoms with Gasteiger partial charge < -0.3 is 0 Å². The van der Waals surface area contributed by atoms with Crippen LogP contribution in [0, 0.1) is 20.8 Å². The van der Waals surface area contributed by atoms with E-state index in [-0.39, 0.29) is 0 Å². The van der Waals surface area contributed by atoms with E-state index in [0.29, 0.717) is 0 Å². The Morgan fingerprint density at radius 1 is 1.08 bits per heavy atom. The zero-order chi connectivity index (χ0) is 8.72. The van der Waals surface area contributed by atoms with Crippen LogP contribution in [-0.4, -0.2) is 4.37 Å². The summed E-state index contributed by atoms with van der Waals surface area (Å²) in [5.74, 6) is 0. The van der Waals surface area contributed by atoms with E-state index in [9.17, 15) is 0 Å². The summed E-state index contributed by atoms with van der Waals surface area (Å²) in [5, 5.41) is 1.35. The quantitative estimate of drug-likeness (QED) is 0.602. The molecule has 0 fully saturated rings. The highest BCUT2D eigenvalue weighted by Crippen LogP contribution is 2.28. The Balaban J connectivity index is 2.98. The molecule has 1 aromatic carbocycles. The Bertz CT molecular complexity index is 429. The van der Waals surface area contributed by atoms with Gasteiger partial charge in [-0.05, 0) is 43.4 Å². The molecule has 0 aliphatic heterocycles. The number of fused-ring (bicyclic) bond motifs is 1. The van der Waals surface area contributed by atoms with Crippen molar-refractivity contribution in [1.29, 1.82) is 0 Å². The number of aromatic nitrogens is 1. The summed E-state index contributed by atoms with van der Waals surface area (Å²) < 4.78 is 5.70. The summed E-state index contributed by atoms with van der Waals surface area (Å²) >= 11 is 1.60. The lowest BCUT2D eigenvalue weighted by atomic mass is 10.1. The van der Waals surface area contributed by atoms with E-state index < -0.39 is 0 Å². The first-order chi connectivity index (χ1) is 5.70. The Kier molecular flexibility index (Phi) is 1.65. The van der Waals surface area contributed by atoms with Crippen LogP contribution in [0.5, 0.6) is 0 Å². The Hall–Kier alpha value is -0.890. The van der Waals surface area contributed by atoms with Gasteiger partial charge in [0.1, 0.15) is 0 Å². The monoisotopic (exact) mass is 177 g/mol. The summed E-state index contributed by atoms with van der Waals surface area (Å²) in [4.78, 5) is 0. The molecule has 0 saturated heterocycles. The molecule has 0 atom stereocenters. The van der Waals surface area contributed by atoms with E-state index in [1.807, 2.05) is 0 Å². The van der Waals surface area contributed by atoms with Crippen molar-refractivity contribution in [2.45, 2.75) is 20.8 Å². The summed E-state index contributed by atoms with van der Waals surface area (Å²) in [6.45, 7) is 6.36. The fourth-order valence-electron chi connectivity index (χ4n) is 1.51. The average Bonchev–Trinajstić information content (AvgIpc) is 2.42. The molecule has 12 heavy (non-hydrogen) atoms. The second kappa shape index (κ2) is 2.56. The van der Waals surface area contributed by atoms with Gasteiger partial charge >= 0.3 is 0 Å². The highest BCUT2D eigenvalue weighted by atomic mass is 32.1. The first-order valence-corrected chi connectivity index (χ1v) is 4.79. The molecule has 2 aromatic rings. The van der Waals surface area contributed by atoms with E-state index >= 15 is 0 Å². The molecule has 0 N–H and O–H groups in total. The number of nitrogens with zero attached hydrogens (tertiary/aromatic N) is 1. The minimum Gasteiger partial charge on any atom is -0.197 e. The van der Waals surface area contributed by atoms with Crippen LogP contribution in [0.15, 0.2) is 12.1 Å². The molecular formula is C10H11NS. The highest BCUT2D eigenvalue weighted by Gasteiger charge is 2.06. The van der Waals surface area contributed by atoms with Gasteiger partial charge in [0.05, 0.1) is 10.4 Å². The molecule has 0 amide bonds. The zero-order valence-corrected chi connectivity index (χ0v) is 8.33. The lowest BCUT2D eigenvalue weighted by Gasteiger charge is -1.98. The smallest absolute Gasteiger partial charge is 0.0592 e. The zero-order valence-electron chi connectivity index (χ0n) is 7.51. The number of hydrogen-bond acceptors (Lipinski definition) is 2. The maximum Gasteiger partial charge on any atom is 0.0592 e. The predicted molar refractivity (Wildman–Crippen MR) is 53.8 cm³/mol. The van der Waals surface area contributed by atoms with Crippen LogP contribution in [0.25, 0.3) is 10.1 Å². The van der Waals surface area contributed by atoms with Crippen molar-refractivity contribution in [3.05, 3.63) is 29.0 Å². The molecule has 0 unspecified atom stereocenters. The van der Waals surface area contributed by atoms with Crippen molar-refractivity contribution < 1.29 is 0 Å². The van der Waals surface area contributed by atoms with Crippen molar-refractivity contribution in [3.8, 4) is 0 Å². The third kappa shape index (κ3) is 0.950. The first-order valence-electron chi connectivity index (χ1n) is 4.02. The van der Waals surface area contributed by atoms with E-state index in [0.717, 1.165) is 5.69 Å². The van der Waals surface area contributed by atoms with Crippen molar-refractivity contribution in [2.24, 2.45) is 0 Å². The first kappa shape index (κ1) is 7.74. The molecule has 1 heterocycles. The molecule has 62 valence electrons. The largest absolute Gasteiger partial charge is 0.197 e. The summed E-state index contributed by atoms with van der Waals surface area (Å²) in [6, 6.07) is 4.33. The van der Waals surface area contributed by atoms with Gasteiger partial charge in [-0.15, -0.1) is 0 Å². The maximum absolute atomic E-state index is 4.36. The van der Waals surface area contributed by atoms with E-state index in [1.54, 1.807) is 11.5 Å². The third-order valence-electron chi connectivity index (χ3n) is 2.20. The van der Waals surface area contributed by atoms with Crippen LogP contribution in [-0.2, 0) is 0 Å². The molecule has 0 spiro atoms. The highest BCUT2D eigenvalue weighted by molar-refractivity contribution is 7.13. The minimum atomic E-state index is 1.16. The Morgan fingerprint density at radius 2 is 1.75 bits per heavy atom. The molecule has 0 bridgehead atoms. The fourth-order valence-corrected chi connectivity index (χ4v) is 2.44.